The molecule has 0 radical (unpaired) electrons. The first-order valence-corrected chi connectivity index (χ1v) is 28.9. The molecule has 3 aliphatic rings. The summed E-state index contributed by atoms with van der Waals surface area (Å²) in [6.45, 7) is -7.59. The standard InChI is InChI=1S/C41H51FN18O15P2S2/c1-18(2)26(56-24(61)10-53-58-45)37(64)55-21(4-3-9-46-40(44)65)36(63)54-20-7-5-19(6-8-20)11-69-41(66)57-33-28-35(50-15-48-33)59(17-52-28)38-25(42)30-22(72-38)12-70-77(68,79)75-31-23(13-71-76(67,78)74-30)73-39(29(31)62)60-16-51-27-32(43)47-14-49-34(27)60/h5-8,14-18,21-23,25-26,29-31,38-39,62H,3-4,9-13H2,1-2H3,(H,54,63)(H,55,64)(H,56,61)(H,67,78)(H,68,79)(H2,43,47,49)(H3,44,46,65)(H,48,50,57,66)/t21-,22+,23+,25+,26-,29+,30+,31+,38+,39+,76?,77?/m0/s1. The lowest BCUT2D eigenvalue weighted by atomic mass is 10.0. The van der Waals surface area contributed by atoms with Gasteiger partial charge in [-0.1, -0.05) is 43.3 Å². The van der Waals surface area contributed by atoms with Crippen molar-refractivity contribution in [2.24, 2.45) is 16.8 Å². The molecule has 33 nitrogen and oxygen atoms in total. The molecule has 38 heteroatoms. The van der Waals surface area contributed by atoms with Crippen LogP contribution in [0.15, 0.2) is 54.7 Å². The molecule has 2 unspecified atom stereocenters. The van der Waals surface area contributed by atoms with Crippen molar-refractivity contribution in [1.82, 2.24) is 55.0 Å². The number of carbonyl (C=O) groups excluding carboxylic acids is 5. The van der Waals surface area contributed by atoms with Gasteiger partial charge in [0.1, 0.15) is 73.9 Å². The van der Waals surface area contributed by atoms with Crippen LogP contribution in [0.4, 0.5) is 31.3 Å². The Kier molecular flexibility index (Phi) is 18.6. The summed E-state index contributed by atoms with van der Waals surface area (Å²) < 4.78 is 72.9. The zero-order valence-electron chi connectivity index (χ0n) is 41.3. The molecule has 1 aromatic carbocycles. The van der Waals surface area contributed by atoms with Gasteiger partial charge in [-0.05, 0) is 53.8 Å². The van der Waals surface area contributed by atoms with Crippen LogP contribution >= 0.6 is 25.8 Å². The van der Waals surface area contributed by atoms with Crippen molar-refractivity contribution in [3.05, 3.63) is 65.6 Å². The lowest BCUT2D eigenvalue weighted by molar-refractivity contribution is -0.131. The van der Waals surface area contributed by atoms with E-state index in [1.54, 1.807) is 26.0 Å². The Bertz CT molecular complexity index is 3230. The van der Waals surface area contributed by atoms with Crippen LogP contribution < -0.4 is 38.1 Å². The Morgan fingerprint density at radius 1 is 0.937 bits per heavy atom. The molecule has 11 N–H and O–H groups in total. The Morgan fingerprint density at radius 3 is 2.30 bits per heavy atom. The maximum Gasteiger partial charge on any atom is 0.413 e. The molecular formula is C41H51FN18O15P2S2. The number of ether oxygens (including phenoxy) is 3. The molecule has 3 aliphatic heterocycles. The Hall–Kier alpha value is -6.78. The fourth-order valence-corrected chi connectivity index (χ4v) is 11.3. The molecule has 5 aromatic rings. The van der Waals surface area contributed by atoms with E-state index in [4.69, 9.17) is 61.1 Å². The highest BCUT2D eigenvalue weighted by Crippen LogP contribution is 2.58. The number of benzene rings is 1. The van der Waals surface area contributed by atoms with Crippen LogP contribution in [0.2, 0.25) is 0 Å². The predicted octanol–water partition coefficient (Wildman–Crippen LogP) is 1.89. The summed E-state index contributed by atoms with van der Waals surface area (Å²) in [7, 11) is 0. The maximum absolute atomic E-state index is 16.7. The number of primary amides is 1. The van der Waals surface area contributed by atoms with E-state index in [0.29, 0.717) is 11.3 Å². The third kappa shape index (κ3) is 14.2. The Balaban J connectivity index is 0.881. The van der Waals surface area contributed by atoms with E-state index in [-0.39, 0.29) is 60.0 Å². The second-order valence-corrected chi connectivity index (χ2v) is 23.6. The van der Waals surface area contributed by atoms with Crippen molar-refractivity contribution < 1.29 is 75.2 Å². The molecule has 8 rings (SSSR count). The highest BCUT2D eigenvalue weighted by atomic mass is 32.7. The van der Waals surface area contributed by atoms with E-state index in [1.807, 2.05) is 0 Å². The second kappa shape index (κ2) is 25.1. The lowest BCUT2D eigenvalue weighted by Crippen LogP contribution is -2.55. The number of thiol groups is 1. The number of aliphatic hydroxyl groups is 1. The zero-order chi connectivity index (χ0) is 56.8. The van der Waals surface area contributed by atoms with Crippen molar-refractivity contribution in [2.45, 2.75) is 94.5 Å². The number of aromatic nitrogens is 8. The van der Waals surface area contributed by atoms with Gasteiger partial charge in [0.05, 0.1) is 25.9 Å². The van der Waals surface area contributed by atoms with Gasteiger partial charge in [0.2, 0.25) is 17.7 Å². The van der Waals surface area contributed by atoms with Crippen LogP contribution in [-0.4, -0.2) is 154 Å². The zero-order valence-corrected chi connectivity index (χ0v) is 44.8. The van der Waals surface area contributed by atoms with E-state index < -0.39 is 130 Å². The molecule has 0 spiro atoms. The summed E-state index contributed by atoms with van der Waals surface area (Å²) >= 11 is 9.37. The largest absolute Gasteiger partial charge is 0.444 e. The summed E-state index contributed by atoms with van der Waals surface area (Å²) in [5, 5.41) is 27.3. The SMILES string of the molecule is CC(C)[C@H](NC(=O)CN=[N+]=[N-])C(=O)N[C@@H](CCCNC(N)=O)C(=O)Nc1ccc(COC(=O)Nc2ncnc3c2ncn3[C@@H]2O[C@@H]3COP(O)(=S)O[C@H]4[C@@H](O)[C@H](n5cnc6c(N)ncnc65)O[C@@H]4COP(=O)(S)O[C@H]3[C@H]2F)cc1. The van der Waals surface area contributed by atoms with E-state index in [0.717, 1.165) is 17.2 Å². The number of aliphatic hydroxyl groups excluding tert-OH is 1. The van der Waals surface area contributed by atoms with Crippen LogP contribution in [0.25, 0.3) is 32.8 Å². The first-order chi connectivity index (χ1) is 37.6. The third-order valence-electron chi connectivity index (χ3n) is 12.1. The predicted molar refractivity (Wildman–Crippen MR) is 277 cm³/mol. The van der Waals surface area contributed by atoms with Gasteiger partial charge in [-0.15, -0.1) is 0 Å². The highest BCUT2D eigenvalue weighted by molar-refractivity contribution is 8.44. The number of alkyl halides is 1. The minimum absolute atomic E-state index is 0.0442. The number of rotatable bonds is 17. The normalized spacial score (nSPS) is 26.8. The maximum atomic E-state index is 16.7. The molecule has 6 amide bonds. The molecule has 3 fully saturated rings. The molecular weight excluding hydrogens is 1130 g/mol. The number of nitrogens with two attached hydrogens (primary N) is 2. The number of nitrogen functional groups attached to an aromatic ring is 1. The van der Waals surface area contributed by atoms with E-state index in [1.165, 1.54) is 29.4 Å². The average Bonchev–Trinajstić information content (AvgIpc) is 4.40. The summed E-state index contributed by atoms with van der Waals surface area (Å²) in [4.78, 5) is 102. The van der Waals surface area contributed by atoms with Crippen molar-refractivity contribution >= 4 is 107 Å². The van der Waals surface area contributed by atoms with Gasteiger partial charge >= 0.3 is 25.6 Å². The number of fused-ring (bicyclic) bond motifs is 4. The number of urea groups is 1. The van der Waals surface area contributed by atoms with Gasteiger partial charge < -0.3 is 61.5 Å². The molecule has 3 saturated heterocycles. The number of imidazole rings is 2. The monoisotopic (exact) mass is 1180 g/mol. The van der Waals surface area contributed by atoms with Crippen LogP contribution in [0.5, 0.6) is 0 Å². The van der Waals surface area contributed by atoms with Gasteiger partial charge in [-0.3, -0.25) is 42.4 Å². The minimum Gasteiger partial charge on any atom is -0.444 e. The lowest BCUT2D eigenvalue weighted by Gasteiger charge is -2.29. The number of carbonyl (C=O) groups is 5. The van der Waals surface area contributed by atoms with E-state index >= 15 is 4.39 Å². The topological polar surface area (TPSA) is 456 Å². The molecule has 0 aliphatic carbocycles. The fourth-order valence-electron chi connectivity index (χ4n) is 8.37. The summed E-state index contributed by atoms with van der Waals surface area (Å²) in [5.74, 6) is -2.56. The highest BCUT2D eigenvalue weighted by Gasteiger charge is 2.54. The van der Waals surface area contributed by atoms with Crippen molar-refractivity contribution in [1.29, 1.82) is 0 Å². The number of azide groups is 1. The van der Waals surface area contributed by atoms with Gasteiger partial charge in [-0.25, -0.2) is 48.4 Å². The van der Waals surface area contributed by atoms with Crippen molar-refractivity contribution in [2.75, 3.05) is 42.7 Å². The Labute approximate surface area is 455 Å². The molecule has 4 aromatic heterocycles. The van der Waals surface area contributed by atoms with Crippen LogP contribution in [0.3, 0.4) is 0 Å². The Morgan fingerprint density at radius 2 is 1.59 bits per heavy atom. The van der Waals surface area contributed by atoms with Gasteiger partial charge in [0, 0.05) is 17.1 Å². The first-order valence-electron chi connectivity index (χ1n) is 23.6. The number of nitrogens with one attached hydrogen (secondary N) is 5. The van der Waals surface area contributed by atoms with Crippen molar-refractivity contribution in [3.63, 3.8) is 0 Å². The van der Waals surface area contributed by atoms with Gasteiger partial charge in [0.25, 0.3) is 0 Å². The summed E-state index contributed by atoms with van der Waals surface area (Å²) in [6, 6.07) is 3.09. The summed E-state index contributed by atoms with van der Waals surface area (Å²) in [6.07, 6.45) is -8.74. The molecule has 79 heavy (non-hydrogen) atoms. The number of hydrogen-bond acceptors (Lipinski definition) is 23. The van der Waals surface area contributed by atoms with Gasteiger partial charge in [0.15, 0.2) is 47.1 Å². The van der Waals surface area contributed by atoms with E-state index in [2.05, 4.69) is 78.8 Å². The minimum atomic E-state index is -4.52. The quantitative estimate of drug-likeness (QED) is 0.0159. The van der Waals surface area contributed by atoms with Crippen LogP contribution in [0.1, 0.15) is 44.7 Å². The van der Waals surface area contributed by atoms with E-state index in [9.17, 15) is 38.5 Å². The molecule has 12 atom stereocenters. The number of amides is 6. The first kappa shape index (κ1) is 58.4. The second-order valence-electron chi connectivity index (χ2n) is 17.9. The number of nitrogens with zero attached hydrogens (tertiary/aromatic N) is 11. The van der Waals surface area contributed by atoms with Crippen molar-refractivity contribution in [3.8, 4) is 0 Å². The molecule has 0 saturated carbocycles. The van der Waals surface area contributed by atoms with Gasteiger partial charge in [-0.2, -0.15) is 0 Å². The molecule has 0 bridgehead atoms. The third-order valence-corrected chi connectivity index (χ3v) is 15.3. The average molecular weight is 1180 g/mol. The molecule has 424 valence electrons. The number of hydrogen-bond donors (Lipinski definition) is 10. The number of halogens is 1. The number of anilines is 3. The van der Waals surface area contributed by atoms with Crippen LogP contribution in [-0.2, 0) is 69.7 Å². The van der Waals surface area contributed by atoms with Crippen LogP contribution in [0, 0.1) is 5.92 Å². The summed E-state index contributed by atoms with van der Waals surface area (Å²) in [5.41, 5.74) is 20.7. The molecule has 7 heterocycles. The smallest absolute Gasteiger partial charge is 0.413 e. The fraction of sp³-hybridized carbons (Fsp3) is 0.488.